The molecule has 18 heavy (non-hydrogen) atoms. The van der Waals surface area contributed by atoms with Crippen molar-refractivity contribution in [3.63, 3.8) is 0 Å². The van der Waals surface area contributed by atoms with Crippen LogP contribution >= 0.6 is 15.9 Å². The van der Waals surface area contributed by atoms with Crippen molar-refractivity contribution < 1.29 is 9.47 Å². The summed E-state index contributed by atoms with van der Waals surface area (Å²) in [5, 5.41) is 0.982. The van der Waals surface area contributed by atoms with Gasteiger partial charge >= 0.3 is 0 Å². The van der Waals surface area contributed by atoms with Gasteiger partial charge in [-0.05, 0) is 24.1 Å². The zero-order chi connectivity index (χ0) is 12.8. The van der Waals surface area contributed by atoms with Crippen LogP contribution in [0.25, 0.3) is 0 Å². The first kappa shape index (κ1) is 13.8. The van der Waals surface area contributed by atoms with Crippen molar-refractivity contribution in [3.05, 3.63) is 29.8 Å². The van der Waals surface area contributed by atoms with E-state index >= 15 is 0 Å². The summed E-state index contributed by atoms with van der Waals surface area (Å²) in [4.78, 5) is 2.50. The first-order chi connectivity index (χ1) is 8.83. The van der Waals surface area contributed by atoms with Crippen LogP contribution in [0.2, 0.25) is 0 Å². The second kappa shape index (κ2) is 7.12. The minimum absolute atomic E-state index is 0.511. The third kappa shape index (κ3) is 3.70. The third-order valence-corrected chi connectivity index (χ3v) is 4.12. The summed E-state index contributed by atoms with van der Waals surface area (Å²) in [7, 11) is 1.70. The van der Waals surface area contributed by atoms with E-state index in [1.807, 2.05) is 12.1 Å². The fourth-order valence-corrected chi connectivity index (χ4v) is 2.79. The van der Waals surface area contributed by atoms with Crippen LogP contribution in [0.4, 0.5) is 0 Å². The van der Waals surface area contributed by atoms with Gasteiger partial charge in [-0.3, -0.25) is 4.90 Å². The quantitative estimate of drug-likeness (QED) is 0.779. The van der Waals surface area contributed by atoms with Crippen LogP contribution in [0.15, 0.2) is 24.3 Å². The molecule has 1 unspecified atom stereocenters. The molecule has 0 aromatic heterocycles. The molecule has 0 N–H and O–H groups in total. The van der Waals surface area contributed by atoms with Crippen LogP contribution in [-0.4, -0.2) is 49.7 Å². The fourth-order valence-electron chi connectivity index (χ4n) is 2.19. The summed E-state index contributed by atoms with van der Waals surface area (Å²) in [6.45, 7) is 3.82. The van der Waals surface area contributed by atoms with Crippen molar-refractivity contribution in [3.8, 4) is 5.75 Å². The number of benzene rings is 1. The topological polar surface area (TPSA) is 21.7 Å². The number of methoxy groups -OCH3 is 1. The summed E-state index contributed by atoms with van der Waals surface area (Å²) in [5.74, 6) is 0.920. The molecule has 3 nitrogen and oxygen atoms in total. The molecule has 0 spiro atoms. The summed E-state index contributed by atoms with van der Waals surface area (Å²) in [6.07, 6.45) is 1.08. The molecule has 0 bridgehead atoms. The predicted molar refractivity (Wildman–Crippen MR) is 76.7 cm³/mol. The molecular formula is C14H20BrNO2. The summed E-state index contributed by atoms with van der Waals surface area (Å²) in [5.41, 5.74) is 1.36. The van der Waals surface area contributed by atoms with E-state index in [4.69, 9.17) is 9.47 Å². The Bertz CT molecular complexity index is 355. The molecular weight excluding hydrogens is 294 g/mol. The molecule has 100 valence electrons. The number of alkyl halides is 1. The Balaban J connectivity index is 1.85. The van der Waals surface area contributed by atoms with Crippen molar-refractivity contribution >= 4 is 15.9 Å². The Labute approximate surface area is 117 Å². The van der Waals surface area contributed by atoms with Gasteiger partial charge in [0.2, 0.25) is 0 Å². The van der Waals surface area contributed by atoms with Gasteiger partial charge in [0.05, 0.1) is 20.3 Å². The molecule has 1 saturated heterocycles. The predicted octanol–water partition coefficient (Wildman–Crippen LogP) is 2.33. The van der Waals surface area contributed by atoms with Gasteiger partial charge in [-0.2, -0.15) is 0 Å². The van der Waals surface area contributed by atoms with E-state index in [0.29, 0.717) is 6.04 Å². The van der Waals surface area contributed by atoms with Crippen LogP contribution in [0.3, 0.4) is 0 Å². The SMILES string of the molecule is COc1ccc(CCN2CCOCC2CBr)cc1. The molecule has 1 fully saturated rings. The minimum atomic E-state index is 0.511. The van der Waals surface area contributed by atoms with Gasteiger partial charge in [0.25, 0.3) is 0 Å². The van der Waals surface area contributed by atoms with E-state index in [0.717, 1.165) is 43.8 Å². The Morgan fingerprint density at radius 1 is 1.39 bits per heavy atom. The van der Waals surface area contributed by atoms with Crippen LogP contribution < -0.4 is 4.74 Å². The Morgan fingerprint density at radius 2 is 2.17 bits per heavy atom. The maximum Gasteiger partial charge on any atom is 0.118 e. The molecule has 1 aromatic carbocycles. The van der Waals surface area contributed by atoms with E-state index in [1.165, 1.54) is 5.56 Å². The number of hydrogen-bond donors (Lipinski definition) is 0. The molecule has 4 heteroatoms. The highest BCUT2D eigenvalue weighted by atomic mass is 79.9. The first-order valence-corrected chi connectivity index (χ1v) is 7.46. The largest absolute Gasteiger partial charge is 0.497 e. The van der Waals surface area contributed by atoms with Crippen LogP contribution in [0, 0.1) is 0 Å². The molecule has 1 aliphatic rings. The lowest BCUT2D eigenvalue weighted by atomic mass is 10.1. The molecule has 0 aliphatic carbocycles. The number of nitrogens with zero attached hydrogens (tertiary/aromatic N) is 1. The number of ether oxygens (including phenoxy) is 2. The number of halogens is 1. The lowest BCUT2D eigenvalue weighted by Crippen LogP contribution is -2.47. The van der Waals surface area contributed by atoms with Crippen LogP contribution in [0.5, 0.6) is 5.75 Å². The van der Waals surface area contributed by atoms with E-state index in [2.05, 4.69) is 33.0 Å². The van der Waals surface area contributed by atoms with Crippen molar-refractivity contribution in [2.24, 2.45) is 0 Å². The molecule has 0 saturated carbocycles. The standard InChI is InChI=1S/C14H20BrNO2/c1-17-14-4-2-12(3-5-14)6-7-16-8-9-18-11-13(16)10-15/h2-5,13H,6-11H2,1H3. The van der Waals surface area contributed by atoms with Crippen LogP contribution in [0.1, 0.15) is 5.56 Å². The maximum absolute atomic E-state index is 5.50. The third-order valence-electron chi connectivity index (χ3n) is 3.37. The zero-order valence-corrected chi connectivity index (χ0v) is 12.4. The van der Waals surface area contributed by atoms with Crippen molar-refractivity contribution in [1.29, 1.82) is 0 Å². The Kier molecular flexibility index (Phi) is 5.47. The van der Waals surface area contributed by atoms with Gasteiger partial charge in [-0.25, -0.2) is 0 Å². The summed E-state index contributed by atoms with van der Waals surface area (Å²) in [6, 6.07) is 8.84. The van der Waals surface area contributed by atoms with E-state index < -0.39 is 0 Å². The highest BCUT2D eigenvalue weighted by Gasteiger charge is 2.21. The molecule has 1 aliphatic heterocycles. The summed E-state index contributed by atoms with van der Waals surface area (Å²) < 4.78 is 10.7. The fraction of sp³-hybridized carbons (Fsp3) is 0.571. The molecule has 1 aromatic rings. The lowest BCUT2D eigenvalue weighted by Gasteiger charge is -2.34. The maximum atomic E-state index is 5.50. The second-order valence-electron chi connectivity index (χ2n) is 4.52. The Hall–Kier alpha value is -0.580. The minimum Gasteiger partial charge on any atom is -0.497 e. The second-order valence-corrected chi connectivity index (χ2v) is 5.16. The van der Waals surface area contributed by atoms with Gasteiger partial charge in [-0.1, -0.05) is 28.1 Å². The van der Waals surface area contributed by atoms with Gasteiger partial charge in [0.15, 0.2) is 0 Å². The Morgan fingerprint density at radius 3 is 2.83 bits per heavy atom. The number of hydrogen-bond acceptors (Lipinski definition) is 3. The zero-order valence-electron chi connectivity index (χ0n) is 10.8. The van der Waals surface area contributed by atoms with E-state index in [1.54, 1.807) is 7.11 Å². The van der Waals surface area contributed by atoms with Crippen molar-refractivity contribution in [2.45, 2.75) is 12.5 Å². The molecule has 0 radical (unpaired) electrons. The molecule has 2 rings (SSSR count). The van der Waals surface area contributed by atoms with Crippen LogP contribution in [-0.2, 0) is 11.2 Å². The normalized spacial score (nSPS) is 20.9. The molecule has 1 atom stereocenters. The van der Waals surface area contributed by atoms with E-state index in [9.17, 15) is 0 Å². The molecule has 0 amide bonds. The monoisotopic (exact) mass is 313 g/mol. The lowest BCUT2D eigenvalue weighted by molar-refractivity contribution is 0.00258. The first-order valence-electron chi connectivity index (χ1n) is 6.34. The van der Waals surface area contributed by atoms with Crippen molar-refractivity contribution in [2.75, 3.05) is 38.7 Å². The van der Waals surface area contributed by atoms with Gasteiger partial charge < -0.3 is 9.47 Å². The highest BCUT2D eigenvalue weighted by molar-refractivity contribution is 9.09. The van der Waals surface area contributed by atoms with Gasteiger partial charge in [0, 0.05) is 24.5 Å². The average molecular weight is 314 g/mol. The highest BCUT2D eigenvalue weighted by Crippen LogP contribution is 2.14. The van der Waals surface area contributed by atoms with Crippen molar-refractivity contribution in [1.82, 2.24) is 4.90 Å². The number of rotatable bonds is 5. The molecule has 1 heterocycles. The van der Waals surface area contributed by atoms with Gasteiger partial charge in [-0.15, -0.1) is 0 Å². The van der Waals surface area contributed by atoms with E-state index in [-0.39, 0.29) is 0 Å². The number of morpholine rings is 1. The van der Waals surface area contributed by atoms with Gasteiger partial charge in [0.1, 0.15) is 5.75 Å². The summed E-state index contributed by atoms with van der Waals surface area (Å²) >= 11 is 3.56. The average Bonchev–Trinajstić information content (AvgIpc) is 2.46. The smallest absolute Gasteiger partial charge is 0.118 e.